The van der Waals surface area contributed by atoms with Crippen LogP contribution in [0.3, 0.4) is 0 Å². The first-order valence-electron chi connectivity index (χ1n) is 6.96. The molecule has 0 unspecified atom stereocenters. The van der Waals surface area contributed by atoms with Crippen LogP contribution in [0.15, 0.2) is 18.2 Å². The molecule has 0 fully saturated rings. The third-order valence-corrected chi connectivity index (χ3v) is 2.57. The van der Waals surface area contributed by atoms with Crippen LogP contribution in [0.25, 0.3) is 0 Å². The number of benzene rings is 1. The molecule has 0 aliphatic heterocycles. The zero-order valence-electron chi connectivity index (χ0n) is 12.3. The van der Waals surface area contributed by atoms with Crippen molar-refractivity contribution in [3.05, 3.63) is 23.8 Å². The second-order valence-corrected chi connectivity index (χ2v) is 4.03. The maximum absolute atomic E-state index is 9.17. The molecule has 0 heterocycles. The smallest absolute Gasteiger partial charge is 0.161 e. The number of aliphatic hydroxyl groups is 1. The van der Waals surface area contributed by atoms with Gasteiger partial charge in [0.1, 0.15) is 13.2 Å². The zero-order chi connectivity index (χ0) is 14.6. The van der Waals surface area contributed by atoms with Crippen molar-refractivity contribution in [2.45, 2.75) is 20.5 Å². The second-order valence-electron chi connectivity index (χ2n) is 4.03. The second kappa shape index (κ2) is 10.5. The van der Waals surface area contributed by atoms with Crippen molar-refractivity contribution in [3.63, 3.8) is 0 Å². The van der Waals surface area contributed by atoms with E-state index in [-0.39, 0.29) is 6.61 Å². The summed E-state index contributed by atoms with van der Waals surface area (Å²) in [6.07, 6.45) is 0. The van der Waals surface area contributed by atoms with Crippen molar-refractivity contribution < 1.29 is 24.1 Å². The third-order valence-electron chi connectivity index (χ3n) is 2.57. The van der Waals surface area contributed by atoms with Gasteiger partial charge in [-0.1, -0.05) is 6.07 Å². The first-order chi connectivity index (χ1) is 9.81. The van der Waals surface area contributed by atoms with Crippen molar-refractivity contribution in [2.24, 2.45) is 0 Å². The third kappa shape index (κ3) is 6.23. The van der Waals surface area contributed by atoms with Gasteiger partial charge in [0.15, 0.2) is 11.5 Å². The SMILES string of the molecule is CCOCCOc1ccc(CO)cc1OCCOCC. The van der Waals surface area contributed by atoms with Crippen molar-refractivity contribution in [2.75, 3.05) is 39.6 Å². The number of hydrogen-bond acceptors (Lipinski definition) is 5. The fourth-order valence-electron chi connectivity index (χ4n) is 1.59. The molecule has 0 saturated heterocycles. The minimum absolute atomic E-state index is 0.0267. The molecule has 0 aliphatic rings. The topological polar surface area (TPSA) is 57.2 Å². The van der Waals surface area contributed by atoms with Crippen LogP contribution in [0, 0.1) is 0 Å². The van der Waals surface area contributed by atoms with Crippen LogP contribution in [-0.4, -0.2) is 44.7 Å². The highest BCUT2D eigenvalue weighted by atomic mass is 16.6. The van der Waals surface area contributed by atoms with E-state index in [0.29, 0.717) is 51.1 Å². The summed E-state index contributed by atoms with van der Waals surface area (Å²) in [5, 5.41) is 9.17. The predicted molar refractivity (Wildman–Crippen MR) is 76.3 cm³/mol. The van der Waals surface area contributed by atoms with Gasteiger partial charge >= 0.3 is 0 Å². The summed E-state index contributed by atoms with van der Waals surface area (Å²) in [5.74, 6) is 1.27. The van der Waals surface area contributed by atoms with Crippen LogP contribution >= 0.6 is 0 Å². The Morgan fingerprint density at radius 1 is 0.850 bits per heavy atom. The first kappa shape index (κ1) is 16.8. The summed E-state index contributed by atoms with van der Waals surface area (Å²) in [6, 6.07) is 5.39. The molecule has 5 heteroatoms. The quantitative estimate of drug-likeness (QED) is 0.630. The van der Waals surface area contributed by atoms with Gasteiger partial charge in [-0.25, -0.2) is 0 Å². The Bertz CT molecular complexity index is 367. The molecule has 0 amide bonds. The molecule has 0 radical (unpaired) electrons. The molecular formula is C15H24O5. The highest BCUT2D eigenvalue weighted by Crippen LogP contribution is 2.28. The van der Waals surface area contributed by atoms with E-state index in [0.717, 1.165) is 5.56 Å². The van der Waals surface area contributed by atoms with E-state index >= 15 is 0 Å². The van der Waals surface area contributed by atoms with Crippen LogP contribution in [0.2, 0.25) is 0 Å². The van der Waals surface area contributed by atoms with Crippen LogP contribution in [0.1, 0.15) is 19.4 Å². The Morgan fingerprint density at radius 2 is 1.45 bits per heavy atom. The average molecular weight is 284 g/mol. The molecule has 5 nitrogen and oxygen atoms in total. The minimum Gasteiger partial charge on any atom is -0.487 e. The van der Waals surface area contributed by atoms with Crippen LogP contribution < -0.4 is 9.47 Å². The number of aliphatic hydroxyl groups excluding tert-OH is 1. The van der Waals surface area contributed by atoms with Crippen LogP contribution in [-0.2, 0) is 16.1 Å². The van der Waals surface area contributed by atoms with Crippen LogP contribution in [0.4, 0.5) is 0 Å². The first-order valence-corrected chi connectivity index (χ1v) is 6.96. The molecule has 0 aliphatic carbocycles. The van der Waals surface area contributed by atoms with E-state index in [1.165, 1.54) is 0 Å². The summed E-state index contributed by atoms with van der Waals surface area (Å²) in [5.41, 5.74) is 0.786. The Hall–Kier alpha value is -1.30. The number of ether oxygens (including phenoxy) is 4. The summed E-state index contributed by atoms with van der Waals surface area (Å²) in [6.45, 7) is 7.17. The lowest BCUT2D eigenvalue weighted by Crippen LogP contribution is -2.10. The number of rotatable bonds is 11. The highest BCUT2D eigenvalue weighted by Gasteiger charge is 2.07. The van der Waals surface area contributed by atoms with E-state index in [1.54, 1.807) is 12.1 Å². The average Bonchev–Trinajstić information content (AvgIpc) is 2.49. The summed E-state index contributed by atoms with van der Waals surface area (Å²) >= 11 is 0. The summed E-state index contributed by atoms with van der Waals surface area (Å²) in [4.78, 5) is 0. The number of hydrogen-bond donors (Lipinski definition) is 1. The molecule has 1 N–H and O–H groups in total. The van der Waals surface area contributed by atoms with Gasteiger partial charge < -0.3 is 24.1 Å². The lowest BCUT2D eigenvalue weighted by molar-refractivity contribution is 0.0998. The van der Waals surface area contributed by atoms with E-state index in [2.05, 4.69) is 0 Å². The lowest BCUT2D eigenvalue weighted by Gasteiger charge is -2.14. The molecule has 1 aromatic rings. The predicted octanol–water partition coefficient (Wildman–Crippen LogP) is 2.01. The molecule has 1 rings (SSSR count). The molecule has 0 aromatic heterocycles. The Balaban J connectivity index is 2.56. The Kier molecular flexibility index (Phi) is 8.78. The van der Waals surface area contributed by atoms with E-state index in [9.17, 15) is 0 Å². The highest BCUT2D eigenvalue weighted by molar-refractivity contribution is 5.42. The van der Waals surface area contributed by atoms with Crippen molar-refractivity contribution in [3.8, 4) is 11.5 Å². The van der Waals surface area contributed by atoms with Gasteiger partial charge in [0.2, 0.25) is 0 Å². The normalized spacial score (nSPS) is 10.6. The molecular weight excluding hydrogens is 260 g/mol. The Morgan fingerprint density at radius 3 is 2.00 bits per heavy atom. The van der Waals surface area contributed by atoms with E-state index in [1.807, 2.05) is 19.9 Å². The molecule has 1 aromatic carbocycles. The molecule has 114 valence electrons. The minimum atomic E-state index is -0.0267. The monoisotopic (exact) mass is 284 g/mol. The summed E-state index contributed by atoms with van der Waals surface area (Å²) in [7, 11) is 0. The maximum Gasteiger partial charge on any atom is 0.161 e. The maximum atomic E-state index is 9.17. The standard InChI is InChI=1S/C15H24O5/c1-3-17-7-9-19-14-6-5-13(12-16)11-15(14)20-10-8-18-4-2/h5-6,11,16H,3-4,7-10,12H2,1-2H3. The Labute approximate surface area is 120 Å². The van der Waals surface area contributed by atoms with Gasteiger partial charge in [-0.3, -0.25) is 0 Å². The van der Waals surface area contributed by atoms with E-state index in [4.69, 9.17) is 24.1 Å². The molecule has 0 spiro atoms. The largest absolute Gasteiger partial charge is 0.487 e. The van der Waals surface area contributed by atoms with Gasteiger partial charge in [0.25, 0.3) is 0 Å². The van der Waals surface area contributed by atoms with Crippen molar-refractivity contribution in [1.82, 2.24) is 0 Å². The van der Waals surface area contributed by atoms with Gasteiger partial charge in [0, 0.05) is 13.2 Å². The molecule has 0 atom stereocenters. The van der Waals surface area contributed by atoms with Gasteiger partial charge in [-0.05, 0) is 31.5 Å². The fourth-order valence-corrected chi connectivity index (χ4v) is 1.59. The van der Waals surface area contributed by atoms with Gasteiger partial charge in [0.05, 0.1) is 19.8 Å². The van der Waals surface area contributed by atoms with Crippen molar-refractivity contribution in [1.29, 1.82) is 0 Å². The van der Waals surface area contributed by atoms with Crippen LogP contribution in [0.5, 0.6) is 11.5 Å². The van der Waals surface area contributed by atoms with Gasteiger partial charge in [-0.15, -0.1) is 0 Å². The van der Waals surface area contributed by atoms with Gasteiger partial charge in [-0.2, -0.15) is 0 Å². The molecule has 0 bridgehead atoms. The molecule has 0 saturated carbocycles. The zero-order valence-corrected chi connectivity index (χ0v) is 12.3. The fraction of sp³-hybridized carbons (Fsp3) is 0.600. The lowest BCUT2D eigenvalue weighted by atomic mass is 10.2. The van der Waals surface area contributed by atoms with Crippen molar-refractivity contribution >= 4 is 0 Å². The molecule has 20 heavy (non-hydrogen) atoms. The van der Waals surface area contributed by atoms with E-state index < -0.39 is 0 Å². The summed E-state index contributed by atoms with van der Waals surface area (Å²) < 4.78 is 21.7.